The number of hydrogen-bond acceptors (Lipinski definition) is 8. The molecule has 0 radical (unpaired) electrons. The van der Waals surface area contributed by atoms with E-state index in [1.54, 1.807) is 14.2 Å². The molecule has 3 fully saturated rings. The van der Waals surface area contributed by atoms with Crippen LogP contribution in [0.4, 0.5) is 11.8 Å². The zero-order valence-corrected chi connectivity index (χ0v) is 14.7. The molecule has 3 saturated heterocycles. The largest absolute Gasteiger partial charge is 0.493 e. The summed E-state index contributed by atoms with van der Waals surface area (Å²) in [7, 11) is 3.20. The average molecular weight is 344 g/mol. The molecule has 1 atom stereocenters. The third-order valence-corrected chi connectivity index (χ3v) is 5.12. The van der Waals surface area contributed by atoms with Crippen LogP contribution in [0.15, 0.2) is 12.1 Å². The van der Waals surface area contributed by atoms with Crippen LogP contribution in [-0.4, -0.2) is 79.3 Å². The van der Waals surface area contributed by atoms with E-state index in [9.17, 15) is 0 Å². The van der Waals surface area contributed by atoms with E-state index in [0.29, 0.717) is 29.3 Å². The van der Waals surface area contributed by atoms with Crippen LogP contribution in [0.3, 0.4) is 0 Å². The van der Waals surface area contributed by atoms with Crippen molar-refractivity contribution in [2.45, 2.75) is 6.04 Å². The normalized spacial score (nSPS) is 25.1. The molecule has 134 valence electrons. The maximum Gasteiger partial charge on any atom is 0.225 e. The number of piperazine rings is 3. The molecule has 2 aromatic rings. The predicted molar refractivity (Wildman–Crippen MR) is 97.3 cm³/mol. The number of ether oxygens (including phenoxy) is 2. The first-order chi connectivity index (χ1) is 12.2. The van der Waals surface area contributed by atoms with Gasteiger partial charge in [-0.05, 0) is 6.07 Å². The maximum absolute atomic E-state index is 6.14. The molecular formula is C17H24N6O2. The summed E-state index contributed by atoms with van der Waals surface area (Å²) >= 11 is 0. The topological polar surface area (TPSA) is 88.8 Å². The third kappa shape index (κ3) is 3.03. The number of nitrogens with one attached hydrogen (secondary N) is 1. The molecule has 4 heterocycles. The first kappa shape index (κ1) is 16.2. The van der Waals surface area contributed by atoms with E-state index in [0.717, 1.165) is 37.1 Å². The van der Waals surface area contributed by atoms with Crippen LogP contribution in [0.25, 0.3) is 10.9 Å². The molecule has 25 heavy (non-hydrogen) atoms. The van der Waals surface area contributed by atoms with Gasteiger partial charge in [0.1, 0.15) is 5.82 Å². The average Bonchev–Trinajstić information content (AvgIpc) is 2.66. The van der Waals surface area contributed by atoms with E-state index in [-0.39, 0.29) is 0 Å². The van der Waals surface area contributed by atoms with Crippen molar-refractivity contribution in [3.8, 4) is 11.5 Å². The van der Waals surface area contributed by atoms with E-state index in [2.05, 4.69) is 25.1 Å². The minimum absolute atomic E-state index is 0.433. The summed E-state index contributed by atoms with van der Waals surface area (Å²) in [6.07, 6.45) is 0. The number of nitrogens with zero attached hydrogens (tertiary/aromatic N) is 4. The zero-order valence-electron chi connectivity index (χ0n) is 14.7. The van der Waals surface area contributed by atoms with Gasteiger partial charge < -0.3 is 20.5 Å². The number of benzene rings is 1. The molecule has 0 aliphatic carbocycles. The van der Waals surface area contributed by atoms with E-state index < -0.39 is 0 Å². The molecular weight excluding hydrogens is 320 g/mol. The Kier molecular flexibility index (Phi) is 4.22. The predicted octanol–water partition coefficient (Wildman–Crippen LogP) is 0.641. The monoisotopic (exact) mass is 344 g/mol. The van der Waals surface area contributed by atoms with E-state index in [4.69, 9.17) is 15.2 Å². The molecule has 5 rings (SSSR count). The highest BCUT2D eigenvalue weighted by Crippen LogP contribution is 2.33. The number of fused-ring (bicyclic) bond motifs is 4. The van der Waals surface area contributed by atoms with E-state index in [1.807, 2.05) is 12.1 Å². The molecule has 0 spiro atoms. The summed E-state index contributed by atoms with van der Waals surface area (Å²) in [6, 6.07) is 4.13. The number of aromatic nitrogens is 2. The van der Waals surface area contributed by atoms with Crippen LogP contribution in [0, 0.1) is 0 Å². The number of nitrogen functional groups attached to an aromatic ring is 1. The Labute approximate surface area is 146 Å². The first-order valence-corrected chi connectivity index (χ1v) is 8.57. The molecule has 3 aliphatic heterocycles. The minimum Gasteiger partial charge on any atom is -0.493 e. The van der Waals surface area contributed by atoms with Gasteiger partial charge in [0.15, 0.2) is 11.5 Å². The summed E-state index contributed by atoms with van der Waals surface area (Å²) in [6.45, 7) is 6.55. The van der Waals surface area contributed by atoms with Crippen LogP contribution < -0.4 is 20.5 Å². The molecule has 3 N–H and O–H groups in total. The molecule has 3 aliphatic rings. The Bertz CT molecular complexity index is 775. The van der Waals surface area contributed by atoms with Gasteiger partial charge in [0.2, 0.25) is 5.95 Å². The van der Waals surface area contributed by atoms with Crippen LogP contribution >= 0.6 is 0 Å². The Morgan fingerprint density at radius 1 is 1.12 bits per heavy atom. The van der Waals surface area contributed by atoms with Crippen molar-refractivity contribution in [3.05, 3.63) is 12.1 Å². The van der Waals surface area contributed by atoms with Gasteiger partial charge in [0.05, 0.1) is 19.7 Å². The van der Waals surface area contributed by atoms with Gasteiger partial charge >= 0.3 is 0 Å². The fourth-order valence-corrected chi connectivity index (χ4v) is 3.69. The standard InChI is InChI=1S/C17H24N6O2/c1-24-14-7-12-13(8-15(14)25-2)20-17(21-16(12)18)19-9-11-10-22-3-5-23(11)6-4-22/h7-8,11H,3-6,9-10H2,1-2H3,(H3,18,19,20,21). The smallest absolute Gasteiger partial charge is 0.225 e. The number of methoxy groups -OCH3 is 2. The molecule has 0 saturated carbocycles. The van der Waals surface area contributed by atoms with Crippen LogP contribution in [-0.2, 0) is 0 Å². The van der Waals surface area contributed by atoms with Gasteiger partial charge in [-0.25, -0.2) is 4.98 Å². The quantitative estimate of drug-likeness (QED) is 0.817. The van der Waals surface area contributed by atoms with Crippen LogP contribution in [0.2, 0.25) is 0 Å². The van der Waals surface area contributed by atoms with Crippen molar-refractivity contribution in [1.82, 2.24) is 19.8 Å². The van der Waals surface area contributed by atoms with Crippen molar-refractivity contribution in [2.75, 3.05) is 64.5 Å². The highest BCUT2D eigenvalue weighted by atomic mass is 16.5. The molecule has 1 aromatic carbocycles. The molecule has 1 unspecified atom stereocenters. The Balaban J connectivity index is 1.55. The molecule has 8 heteroatoms. The lowest BCUT2D eigenvalue weighted by Crippen LogP contribution is -2.62. The lowest BCUT2D eigenvalue weighted by atomic mass is 10.1. The summed E-state index contributed by atoms with van der Waals surface area (Å²) in [4.78, 5) is 14.0. The molecule has 2 bridgehead atoms. The van der Waals surface area contributed by atoms with Crippen molar-refractivity contribution >= 4 is 22.7 Å². The number of anilines is 2. The van der Waals surface area contributed by atoms with Gasteiger partial charge in [0.25, 0.3) is 0 Å². The molecule has 1 aromatic heterocycles. The fraction of sp³-hybridized carbons (Fsp3) is 0.529. The lowest BCUT2D eigenvalue weighted by molar-refractivity contribution is 0.0189. The van der Waals surface area contributed by atoms with E-state index >= 15 is 0 Å². The second-order valence-electron chi connectivity index (χ2n) is 6.53. The number of hydrogen-bond donors (Lipinski definition) is 2. The summed E-state index contributed by atoms with van der Waals surface area (Å²) in [5, 5.41) is 4.11. The number of nitrogens with two attached hydrogens (primary N) is 1. The summed E-state index contributed by atoms with van der Waals surface area (Å²) in [5.41, 5.74) is 6.87. The van der Waals surface area contributed by atoms with Gasteiger partial charge in [0, 0.05) is 56.8 Å². The number of rotatable bonds is 5. The zero-order chi connectivity index (χ0) is 17.4. The van der Waals surface area contributed by atoms with Gasteiger partial charge in [-0.3, -0.25) is 9.80 Å². The maximum atomic E-state index is 6.14. The van der Waals surface area contributed by atoms with Crippen LogP contribution in [0.1, 0.15) is 0 Å². The van der Waals surface area contributed by atoms with E-state index in [1.165, 1.54) is 13.1 Å². The van der Waals surface area contributed by atoms with Gasteiger partial charge in [-0.15, -0.1) is 0 Å². The molecule has 0 amide bonds. The van der Waals surface area contributed by atoms with Gasteiger partial charge in [-0.1, -0.05) is 0 Å². The van der Waals surface area contributed by atoms with Crippen molar-refractivity contribution < 1.29 is 9.47 Å². The third-order valence-electron chi connectivity index (χ3n) is 5.12. The molecule has 8 nitrogen and oxygen atoms in total. The van der Waals surface area contributed by atoms with Crippen molar-refractivity contribution in [1.29, 1.82) is 0 Å². The second-order valence-corrected chi connectivity index (χ2v) is 6.53. The lowest BCUT2D eigenvalue weighted by Gasteiger charge is -2.47. The van der Waals surface area contributed by atoms with Crippen molar-refractivity contribution in [3.63, 3.8) is 0 Å². The fourth-order valence-electron chi connectivity index (χ4n) is 3.69. The SMILES string of the molecule is COc1cc2nc(NCC3CN4CCN3CC4)nc(N)c2cc1OC. The highest BCUT2D eigenvalue weighted by Gasteiger charge is 2.31. The second kappa shape index (κ2) is 6.53. The Morgan fingerprint density at radius 2 is 1.84 bits per heavy atom. The minimum atomic E-state index is 0.433. The highest BCUT2D eigenvalue weighted by molar-refractivity contribution is 5.91. The van der Waals surface area contributed by atoms with Crippen LogP contribution in [0.5, 0.6) is 11.5 Å². The summed E-state index contributed by atoms with van der Waals surface area (Å²) in [5.74, 6) is 2.23. The van der Waals surface area contributed by atoms with Gasteiger partial charge in [-0.2, -0.15) is 4.98 Å². The van der Waals surface area contributed by atoms with Crippen molar-refractivity contribution in [2.24, 2.45) is 0 Å². The Morgan fingerprint density at radius 3 is 2.48 bits per heavy atom. The Hall–Kier alpha value is -2.32. The first-order valence-electron chi connectivity index (χ1n) is 8.57. The summed E-state index contributed by atoms with van der Waals surface area (Å²) < 4.78 is 10.7.